The van der Waals surface area contributed by atoms with E-state index >= 15 is 0 Å². The Labute approximate surface area is 119 Å². The van der Waals surface area contributed by atoms with Crippen molar-refractivity contribution in [3.8, 4) is 0 Å². The third kappa shape index (κ3) is 5.16. The van der Waals surface area contributed by atoms with Crippen LogP contribution >= 0.6 is 12.4 Å². The third-order valence-corrected chi connectivity index (χ3v) is 3.52. The number of aryl methyl sites for hydroxylation is 1. The fraction of sp³-hybridized carbons (Fsp3) is 0.750. The molecule has 3 N–H and O–H groups in total. The SMILES string of the molecule is Cl.NC1(CNC(=O)CCn2cncn2)CCCCC1. The van der Waals surface area contributed by atoms with Gasteiger partial charge in [-0.15, -0.1) is 12.4 Å². The number of nitrogens with zero attached hydrogens (tertiary/aromatic N) is 3. The van der Waals surface area contributed by atoms with E-state index in [0.717, 1.165) is 12.8 Å². The number of nitrogens with two attached hydrogens (primary N) is 1. The number of rotatable bonds is 5. The fourth-order valence-electron chi connectivity index (χ4n) is 2.36. The molecule has 6 nitrogen and oxygen atoms in total. The van der Waals surface area contributed by atoms with Crippen LogP contribution in [0.1, 0.15) is 38.5 Å². The van der Waals surface area contributed by atoms with Crippen molar-refractivity contribution < 1.29 is 4.79 Å². The second-order valence-electron chi connectivity index (χ2n) is 5.11. The van der Waals surface area contributed by atoms with Gasteiger partial charge in [0.25, 0.3) is 0 Å². The quantitative estimate of drug-likeness (QED) is 0.841. The molecule has 0 saturated heterocycles. The van der Waals surface area contributed by atoms with Gasteiger partial charge in [0.2, 0.25) is 5.91 Å². The summed E-state index contributed by atoms with van der Waals surface area (Å²) in [6.45, 7) is 1.15. The molecule has 1 fully saturated rings. The summed E-state index contributed by atoms with van der Waals surface area (Å²) < 4.78 is 1.65. The predicted molar refractivity (Wildman–Crippen MR) is 74.9 cm³/mol. The lowest BCUT2D eigenvalue weighted by atomic mass is 9.82. The maximum Gasteiger partial charge on any atom is 0.221 e. The van der Waals surface area contributed by atoms with Crippen LogP contribution in [0, 0.1) is 0 Å². The highest BCUT2D eigenvalue weighted by molar-refractivity contribution is 5.85. The van der Waals surface area contributed by atoms with E-state index < -0.39 is 0 Å². The maximum atomic E-state index is 11.7. The first kappa shape index (κ1) is 15.9. The molecule has 1 aliphatic carbocycles. The van der Waals surface area contributed by atoms with Crippen LogP contribution in [-0.2, 0) is 11.3 Å². The molecule has 19 heavy (non-hydrogen) atoms. The van der Waals surface area contributed by atoms with Gasteiger partial charge in [-0.25, -0.2) is 4.98 Å². The number of aromatic nitrogens is 3. The normalized spacial score (nSPS) is 17.5. The first-order valence-corrected chi connectivity index (χ1v) is 6.56. The molecule has 108 valence electrons. The lowest BCUT2D eigenvalue weighted by molar-refractivity contribution is -0.121. The molecular weight excluding hydrogens is 266 g/mol. The van der Waals surface area contributed by atoms with Crippen molar-refractivity contribution in [2.45, 2.75) is 50.6 Å². The van der Waals surface area contributed by atoms with Crippen LogP contribution in [0.5, 0.6) is 0 Å². The zero-order valence-corrected chi connectivity index (χ0v) is 11.9. The lowest BCUT2D eigenvalue weighted by Gasteiger charge is -2.33. The van der Waals surface area contributed by atoms with E-state index in [1.54, 1.807) is 11.0 Å². The number of amides is 1. The minimum Gasteiger partial charge on any atom is -0.354 e. The molecule has 0 bridgehead atoms. The molecule has 2 rings (SSSR count). The summed E-state index contributed by atoms with van der Waals surface area (Å²) in [6, 6.07) is 0. The Hall–Kier alpha value is -1.14. The molecule has 1 aromatic heterocycles. The molecule has 0 spiro atoms. The van der Waals surface area contributed by atoms with Gasteiger partial charge in [0.15, 0.2) is 0 Å². The van der Waals surface area contributed by atoms with Crippen LogP contribution in [0.15, 0.2) is 12.7 Å². The molecule has 0 aromatic carbocycles. The average molecular weight is 288 g/mol. The topological polar surface area (TPSA) is 85.8 Å². The summed E-state index contributed by atoms with van der Waals surface area (Å²) >= 11 is 0. The van der Waals surface area contributed by atoms with Crippen LogP contribution in [-0.4, -0.2) is 32.8 Å². The first-order chi connectivity index (χ1) is 8.68. The predicted octanol–water partition coefficient (Wildman–Crippen LogP) is 0.868. The van der Waals surface area contributed by atoms with Gasteiger partial charge in [0, 0.05) is 18.5 Å². The monoisotopic (exact) mass is 287 g/mol. The number of carbonyl (C=O) groups is 1. The highest BCUT2D eigenvalue weighted by Gasteiger charge is 2.27. The van der Waals surface area contributed by atoms with Crippen molar-refractivity contribution in [1.29, 1.82) is 0 Å². The number of carbonyl (C=O) groups excluding carboxylic acids is 1. The van der Waals surface area contributed by atoms with Gasteiger partial charge in [0.1, 0.15) is 12.7 Å². The molecule has 1 amide bonds. The number of halogens is 1. The Morgan fingerprint density at radius 1 is 1.37 bits per heavy atom. The van der Waals surface area contributed by atoms with Crippen LogP contribution in [0.3, 0.4) is 0 Å². The van der Waals surface area contributed by atoms with Crippen LogP contribution in [0.4, 0.5) is 0 Å². The molecule has 1 heterocycles. The third-order valence-electron chi connectivity index (χ3n) is 3.52. The summed E-state index contributed by atoms with van der Waals surface area (Å²) in [7, 11) is 0. The summed E-state index contributed by atoms with van der Waals surface area (Å²) in [6.07, 6.45) is 9.12. The summed E-state index contributed by atoms with van der Waals surface area (Å²) in [4.78, 5) is 15.5. The molecule has 7 heteroatoms. The van der Waals surface area contributed by atoms with Gasteiger partial charge in [-0.2, -0.15) is 5.10 Å². The zero-order valence-electron chi connectivity index (χ0n) is 11.0. The number of hydrogen-bond acceptors (Lipinski definition) is 4. The summed E-state index contributed by atoms with van der Waals surface area (Å²) in [5.41, 5.74) is 6.06. The largest absolute Gasteiger partial charge is 0.354 e. The Balaban J connectivity index is 0.00000180. The van der Waals surface area contributed by atoms with E-state index in [1.165, 1.54) is 25.6 Å². The Morgan fingerprint density at radius 2 is 2.11 bits per heavy atom. The second kappa shape index (κ2) is 7.45. The lowest BCUT2D eigenvalue weighted by Crippen LogP contribution is -2.51. The van der Waals surface area contributed by atoms with Crippen molar-refractivity contribution in [2.24, 2.45) is 5.73 Å². The van der Waals surface area contributed by atoms with Gasteiger partial charge in [-0.3, -0.25) is 9.48 Å². The molecule has 0 unspecified atom stereocenters. The van der Waals surface area contributed by atoms with E-state index in [0.29, 0.717) is 19.5 Å². The first-order valence-electron chi connectivity index (χ1n) is 6.56. The molecule has 1 aromatic rings. The fourth-order valence-corrected chi connectivity index (χ4v) is 2.36. The van der Waals surface area contributed by atoms with Crippen molar-refractivity contribution in [3.63, 3.8) is 0 Å². The summed E-state index contributed by atoms with van der Waals surface area (Å²) in [5.74, 6) is 0.0286. The van der Waals surface area contributed by atoms with E-state index in [4.69, 9.17) is 5.73 Å². The molecule has 0 aliphatic heterocycles. The van der Waals surface area contributed by atoms with Crippen molar-refractivity contribution in [1.82, 2.24) is 20.1 Å². The van der Waals surface area contributed by atoms with E-state index in [2.05, 4.69) is 15.4 Å². The standard InChI is InChI=1S/C12H21N5O.ClH/c13-12(5-2-1-3-6-12)8-15-11(18)4-7-17-10-14-9-16-17;/h9-10H,1-8,13H2,(H,15,18);1H. The molecule has 1 aliphatic rings. The summed E-state index contributed by atoms with van der Waals surface area (Å²) in [5, 5.41) is 6.88. The van der Waals surface area contributed by atoms with E-state index in [1.807, 2.05) is 0 Å². The van der Waals surface area contributed by atoms with Gasteiger partial charge in [0.05, 0.1) is 6.54 Å². The van der Waals surface area contributed by atoms with Gasteiger partial charge < -0.3 is 11.1 Å². The smallest absolute Gasteiger partial charge is 0.221 e. The van der Waals surface area contributed by atoms with Gasteiger partial charge >= 0.3 is 0 Å². The van der Waals surface area contributed by atoms with Crippen molar-refractivity contribution in [2.75, 3.05) is 6.54 Å². The van der Waals surface area contributed by atoms with Crippen LogP contribution < -0.4 is 11.1 Å². The van der Waals surface area contributed by atoms with Gasteiger partial charge in [-0.05, 0) is 12.8 Å². The molecular formula is C12H22ClN5O. The molecule has 0 radical (unpaired) electrons. The maximum absolute atomic E-state index is 11.7. The van der Waals surface area contributed by atoms with E-state index in [9.17, 15) is 4.79 Å². The Bertz CT molecular complexity index is 375. The van der Waals surface area contributed by atoms with E-state index in [-0.39, 0.29) is 23.9 Å². The van der Waals surface area contributed by atoms with Gasteiger partial charge in [-0.1, -0.05) is 19.3 Å². The van der Waals surface area contributed by atoms with Crippen molar-refractivity contribution in [3.05, 3.63) is 12.7 Å². The second-order valence-corrected chi connectivity index (χ2v) is 5.11. The van der Waals surface area contributed by atoms with Crippen LogP contribution in [0.25, 0.3) is 0 Å². The molecule has 0 atom stereocenters. The minimum atomic E-state index is -0.193. The molecule has 1 saturated carbocycles. The highest BCUT2D eigenvalue weighted by Crippen LogP contribution is 2.25. The zero-order chi connectivity index (χ0) is 12.8. The minimum absolute atomic E-state index is 0. The van der Waals surface area contributed by atoms with Crippen LogP contribution in [0.2, 0.25) is 0 Å². The highest BCUT2D eigenvalue weighted by atomic mass is 35.5. The number of hydrogen-bond donors (Lipinski definition) is 2. The number of nitrogens with one attached hydrogen (secondary N) is 1. The van der Waals surface area contributed by atoms with Crippen molar-refractivity contribution >= 4 is 18.3 Å². The Kier molecular flexibility index (Phi) is 6.24. The Morgan fingerprint density at radius 3 is 2.74 bits per heavy atom. The average Bonchev–Trinajstić information content (AvgIpc) is 2.88.